The lowest BCUT2D eigenvalue weighted by atomic mass is 10.1. The van der Waals surface area contributed by atoms with Crippen LogP contribution in [0.1, 0.15) is 11.1 Å². The molecule has 5 nitrogen and oxygen atoms in total. The molecule has 1 N–H and O–H groups in total. The summed E-state index contributed by atoms with van der Waals surface area (Å²) >= 11 is 3.49. The van der Waals surface area contributed by atoms with Crippen LogP contribution in [0.5, 0.6) is 17.2 Å². The first-order valence-electron chi connectivity index (χ1n) is 7.59. The molecule has 3 rings (SSSR count). The number of anilines is 1. The van der Waals surface area contributed by atoms with Crippen molar-refractivity contribution in [2.24, 2.45) is 0 Å². The Labute approximate surface area is 149 Å². The number of benzene rings is 2. The van der Waals surface area contributed by atoms with Crippen LogP contribution >= 0.6 is 15.9 Å². The third-order valence-corrected chi connectivity index (χ3v) is 4.43. The minimum Gasteiger partial charge on any atom is -0.495 e. The summed E-state index contributed by atoms with van der Waals surface area (Å²) in [7, 11) is 1.58. The van der Waals surface area contributed by atoms with Crippen LogP contribution in [-0.2, 0) is 11.2 Å². The lowest BCUT2D eigenvalue weighted by Gasteiger charge is -2.20. The largest absolute Gasteiger partial charge is 0.495 e. The number of nitrogens with one attached hydrogen (secondary N) is 1. The van der Waals surface area contributed by atoms with E-state index in [1.54, 1.807) is 7.11 Å². The van der Waals surface area contributed by atoms with E-state index >= 15 is 0 Å². The normalized spacial score (nSPS) is 12.6. The second kappa shape index (κ2) is 7.13. The summed E-state index contributed by atoms with van der Waals surface area (Å²) in [6.45, 7) is 3.01. The summed E-state index contributed by atoms with van der Waals surface area (Å²) in [6.07, 6.45) is 0.217. The van der Waals surface area contributed by atoms with Gasteiger partial charge in [0.2, 0.25) is 5.91 Å². The van der Waals surface area contributed by atoms with Gasteiger partial charge in [0.05, 0.1) is 19.2 Å². The van der Waals surface area contributed by atoms with Gasteiger partial charge >= 0.3 is 0 Å². The predicted molar refractivity (Wildman–Crippen MR) is 95.2 cm³/mol. The summed E-state index contributed by atoms with van der Waals surface area (Å²) in [5, 5.41) is 2.90. The number of carbonyl (C=O) groups excluding carboxylic acids is 1. The third-order valence-electron chi connectivity index (χ3n) is 3.69. The molecule has 1 aliphatic rings. The number of methoxy groups -OCH3 is 1. The molecule has 6 heteroatoms. The summed E-state index contributed by atoms with van der Waals surface area (Å²) in [5.41, 5.74) is 2.55. The summed E-state index contributed by atoms with van der Waals surface area (Å²) in [5.74, 6) is 1.87. The lowest BCUT2D eigenvalue weighted by Crippen LogP contribution is -2.18. The molecule has 2 aromatic rings. The van der Waals surface area contributed by atoms with Crippen LogP contribution in [0.15, 0.2) is 34.8 Å². The SMILES string of the molecule is COc1ccc(C)cc1NC(=O)Cc1cc2c(cc1Br)OCCO2. The van der Waals surface area contributed by atoms with Crippen molar-refractivity contribution in [1.29, 1.82) is 0 Å². The molecule has 2 aromatic carbocycles. The van der Waals surface area contributed by atoms with Gasteiger partial charge in [-0.3, -0.25) is 4.79 Å². The van der Waals surface area contributed by atoms with E-state index in [4.69, 9.17) is 14.2 Å². The van der Waals surface area contributed by atoms with Gasteiger partial charge in [-0.25, -0.2) is 0 Å². The maximum Gasteiger partial charge on any atom is 0.228 e. The number of fused-ring (bicyclic) bond motifs is 1. The molecule has 0 aromatic heterocycles. The zero-order chi connectivity index (χ0) is 17.1. The van der Waals surface area contributed by atoms with Gasteiger partial charge in [-0.15, -0.1) is 0 Å². The fourth-order valence-corrected chi connectivity index (χ4v) is 2.99. The van der Waals surface area contributed by atoms with Crippen molar-refractivity contribution >= 4 is 27.5 Å². The molecule has 0 fully saturated rings. The Hall–Kier alpha value is -2.21. The van der Waals surface area contributed by atoms with Crippen molar-refractivity contribution < 1.29 is 19.0 Å². The minimum atomic E-state index is -0.128. The fraction of sp³-hybridized carbons (Fsp3) is 0.278. The molecule has 0 atom stereocenters. The number of ether oxygens (including phenoxy) is 3. The number of halogens is 1. The van der Waals surface area contributed by atoms with Crippen LogP contribution in [0, 0.1) is 6.92 Å². The Kier molecular flexibility index (Phi) is 4.94. The molecule has 126 valence electrons. The molecule has 0 aliphatic carbocycles. The summed E-state index contributed by atoms with van der Waals surface area (Å²) in [4.78, 5) is 12.4. The monoisotopic (exact) mass is 391 g/mol. The number of amides is 1. The van der Waals surface area contributed by atoms with Crippen LogP contribution in [0.4, 0.5) is 5.69 Å². The molecular formula is C18H18BrNO4. The topological polar surface area (TPSA) is 56.8 Å². The number of carbonyl (C=O) groups is 1. The fourth-order valence-electron chi connectivity index (χ4n) is 2.53. The predicted octanol–water partition coefficient (Wildman–Crippen LogP) is 3.72. The number of hydrogen-bond acceptors (Lipinski definition) is 4. The van der Waals surface area contributed by atoms with Gasteiger partial charge < -0.3 is 19.5 Å². The van der Waals surface area contributed by atoms with E-state index in [2.05, 4.69) is 21.2 Å². The van der Waals surface area contributed by atoms with E-state index in [-0.39, 0.29) is 12.3 Å². The minimum absolute atomic E-state index is 0.128. The zero-order valence-corrected chi connectivity index (χ0v) is 15.1. The molecule has 1 aliphatic heterocycles. The second-order valence-electron chi connectivity index (χ2n) is 5.52. The number of aryl methyl sites for hydroxylation is 1. The average molecular weight is 392 g/mol. The van der Waals surface area contributed by atoms with Gasteiger partial charge in [0.25, 0.3) is 0 Å². The number of hydrogen-bond donors (Lipinski definition) is 1. The van der Waals surface area contributed by atoms with Crippen molar-refractivity contribution in [3.63, 3.8) is 0 Å². The summed E-state index contributed by atoms with van der Waals surface area (Å²) in [6, 6.07) is 9.34. The van der Waals surface area contributed by atoms with Crippen LogP contribution in [0.3, 0.4) is 0 Å². The number of rotatable bonds is 4. The molecule has 1 amide bonds. The average Bonchev–Trinajstić information content (AvgIpc) is 2.55. The molecule has 0 spiro atoms. The Morgan fingerprint density at radius 3 is 2.62 bits per heavy atom. The van der Waals surface area contributed by atoms with Crippen LogP contribution in [0.25, 0.3) is 0 Å². The summed E-state index contributed by atoms with van der Waals surface area (Å²) < 4.78 is 17.2. The highest BCUT2D eigenvalue weighted by molar-refractivity contribution is 9.10. The van der Waals surface area contributed by atoms with E-state index in [0.717, 1.165) is 15.6 Å². The van der Waals surface area contributed by atoms with Crippen molar-refractivity contribution in [3.8, 4) is 17.2 Å². The molecule has 24 heavy (non-hydrogen) atoms. The molecule has 0 saturated heterocycles. The maximum absolute atomic E-state index is 12.4. The zero-order valence-electron chi connectivity index (χ0n) is 13.5. The first-order chi connectivity index (χ1) is 11.6. The van der Waals surface area contributed by atoms with Crippen LogP contribution in [-0.4, -0.2) is 26.2 Å². The first-order valence-corrected chi connectivity index (χ1v) is 8.38. The molecule has 0 unspecified atom stereocenters. The standard InChI is InChI=1S/C18H18BrNO4/c1-11-3-4-15(22-2)14(7-11)20-18(21)9-12-8-16-17(10-13(12)19)24-6-5-23-16/h3-4,7-8,10H,5-6,9H2,1-2H3,(H,20,21). The van der Waals surface area contributed by atoms with E-state index in [0.29, 0.717) is 36.1 Å². The maximum atomic E-state index is 12.4. The highest BCUT2D eigenvalue weighted by Crippen LogP contribution is 2.36. The smallest absolute Gasteiger partial charge is 0.228 e. The van der Waals surface area contributed by atoms with Crippen LogP contribution in [0.2, 0.25) is 0 Å². The van der Waals surface area contributed by atoms with Crippen molar-refractivity contribution in [1.82, 2.24) is 0 Å². The molecule has 0 bridgehead atoms. The molecule has 1 heterocycles. The first kappa shape index (κ1) is 16.6. The van der Waals surface area contributed by atoms with E-state index in [1.165, 1.54) is 0 Å². The molecule has 0 saturated carbocycles. The quantitative estimate of drug-likeness (QED) is 0.862. The lowest BCUT2D eigenvalue weighted by molar-refractivity contribution is -0.115. The highest BCUT2D eigenvalue weighted by Gasteiger charge is 2.17. The Bertz CT molecular complexity index is 776. The Morgan fingerprint density at radius 1 is 1.21 bits per heavy atom. The van der Waals surface area contributed by atoms with Crippen molar-refractivity contribution in [2.75, 3.05) is 25.6 Å². The van der Waals surface area contributed by atoms with Gasteiger partial charge in [-0.1, -0.05) is 22.0 Å². The van der Waals surface area contributed by atoms with Crippen molar-refractivity contribution in [2.45, 2.75) is 13.3 Å². The van der Waals surface area contributed by atoms with E-state index < -0.39 is 0 Å². The molecule has 0 radical (unpaired) electrons. The van der Waals surface area contributed by atoms with Crippen molar-refractivity contribution in [3.05, 3.63) is 45.9 Å². The van der Waals surface area contributed by atoms with E-state index in [9.17, 15) is 4.79 Å². The second-order valence-corrected chi connectivity index (χ2v) is 6.37. The Morgan fingerprint density at radius 2 is 1.92 bits per heavy atom. The third kappa shape index (κ3) is 3.64. The highest BCUT2D eigenvalue weighted by atomic mass is 79.9. The van der Waals surface area contributed by atoms with Crippen LogP contribution < -0.4 is 19.5 Å². The molecular weight excluding hydrogens is 374 g/mol. The van der Waals surface area contributed by atoms with Gasteiger partial charge in [0.1, 0.15) is 19.0 Å². The van der Waals surface area contributed by atoms with Gasteiger partial charge in [0.15, 0.2) is 11.5 Å². The van der Waals surface area contributed by atoms with Gasteiger partial charge in [-0.05, 0) is 42.3 Å². The van der Waals surface area contributed by atoms with E-state index in [1.807, 2.05) is 37.3 Å². The van der Waals surface area contributed by atoms with Gasteiger partial charge in [0, 0.05) is 4.47 Å². The Balaban J connectivity index is 1.77. The van der Waals surface area contributed by atoms with Gasteiger partial charge in [-0.2, -0.15) is 0 Å².